The van der Waals surface area contributed by atoms with Gasteiger partial charge in [0, 0.05) is 22.5 Å². The molecule has 7 heteroatoms. The molecule has 0 unspecified atom stereocenters. The van der Waals surface area contributed by atoms with Crippen molar-refractivity contribution in [3.63, 3.8) is 0 Å². The molecular weight excluding hydrogens is 306 g/mol. The Morgan fingerprint density at radius 3 is 2.86 bits per heavy atom. The molecule has 0 spiro atoms. The zero-order chi connectivity index (χ0) is 15.0. The molecule has 0 radical (unpaired) electrons. The van der Waals surface area contributed by atoms with E-state index in [9.17, 15) is 9.90 Å². The number of rotatable bonds is 5. The van der Waals surface area contributed by atoms with E-state index in [4.69, 9.17) is 0 Å². The van der Waals surface area contributed by atoms with Gasteiger partial charge in [-0.25, -0.2) is 9.78 Å². The molecule has 0 saturated heterocycles. The van der Waals surface area contributed by atoms with Crippen LogP contribution >= 0.6 is 22.7 Å². The van der Waals surface area contributed by atoms with Crippen molar-refractivity contribution in [2.45, 2.75) is 26.4 Å². The van der Waals surface area contributed by atoms with Gasteiger partial charge in [-0.3, -0.25) is 4.40 Å². The van der Waals surface area contributed by atoms with Crippen LogP contribution in [0.2, 0.25) is 0 Å². The van der Waals surface area contributed by atoms with Crippen LogP contribution in [0, 0.1) is 0 Å². The first kappa shape index (κ1) is 14.1. The molecule has 3 aromatic rings. The highest BCUT2D eigenvalue weighted by Crippen LogP contribution is 2.28. The summed E-state index contributed by atoms with van der Waals surface area (Å²) in [6, 6.07) is 4.22. The van der Waals surface area contributed by atoms with Gasteiger partial charge in [-0.1, -0.05) is 6.07 Å². The summed E-state index contributed by atoms with van der Waals surface area (Å²) in [5.74, 6) is -0.412. The van der Waals surface area contributed by atoms with Crippen LogP contribution in [0.15, 0.2) is 29.1 Å². The highest BCUT2D eigenvalue weighted by atomic mass is 32.1. The first-order valence-electron chi connectivity index (χ1n) is 6.55. The molecule has 0 saturated carbocycles. The third-order valence-corrected chi connectivity index (χ3v) is 4.87. The van der Waals surface area contributed by atoms with Crippen LogP contribution in [0.25, 0.3) is 4.96 Å². The Morgan fingerprint density at radius 2 is 2.24 bits per heavy atom. The van der Waals surface area contributed by atoms with E-state index >= 15 is 0 Å². The first-order valence-corrected chi connectivity index (χ1v) is 8.31. The average molecular weight is 321 g/mol. The number of aromatic nitrogens is 2. The summed E-state index contributed by atoms with van der Waals surface area (Å²) >= 11 is 3.11. The molecule has 21 heavy (non-hydrogen) atoms. The van der Waals surface area contributed by atoms with Crippen LogP contribution in [0.4, 0.5) is 5.82 Å². The van der Waals surface area contributed by atoms with Crippen molar-refractivity contribution >= 4 is 39.4 Å². The molecule has 0 aliphatic carbocycles. The fraction of sp³-hybridized carbons (Fsp3) is 0.286. The van der Waals surface area contributed by atoms with E-state index in [0.29, 0.717) is 17.3 Å². The summed E-state index contributed by atoms with van der Waals surface area (Å²) in [7, 11) is 0. The van der Waals surface area contributed by atoms with E-state index in [0.717, 1.165) is 0 Å². The Balaban J connectivity index is 2.08. The van der Waals surface area contributed by atoms with E-state index < -0.39 is 5.97 Å². The van der Waals surface area contributed by atoms with Gasteiger partial charge in [-0.2, -0.15) is 0 Å². The number of fused-ring (bicyclic) bond motifs is 1. The topological polar surface area (TPSA) is 57.8 Å². The van der Waals surface area contributed by atoms with Gasteiger partial charge >= 0.3 is 5.97 Å². The summed E-state index contributed by atoms with van der Waals surface area (Å²) in [6.45, 7) is 4.76. The minimum atomic E-state index is -0.951. The van der Waals surface area contributed by atoms with Crippen LogP contribution in [0.1, 0.15) is 29.2 Å². The van der Waals surface area contributed by atoms with Crippen molar-refractivity contribution in [3.05, 3.63) is 39.7 Å². The third-order valence-electron chi connectivity index (χ3n) is 3.25. The van der Waals surface area contributed by atoms with Gasteiger partial charge in [0.2, 0.25) is 0 Å². The van der Waals surface area contributed by atoms with Gasteiger partial charge in [0.15, 0.2) is 16.5 Å². The molecule has 110 valence electrons. The fourth-order valence-electron chi connectivity index (χ4n) is 2.25. The van der Waals surface area contributed by atoms with Gasteiger partial charge in [0.25, 0.3) is 0 Å². The van der Waals surface area contributed by atoms with E-state index in [2.05, 4.69) is 11.1 Å². The molecule has 0 aromatic carbocycles. The number of thiazole rings is 1. The standard InChI is InChI=1S/C14H15N3O2S2/c1-9(2)17(8-10-4-3-6-20-10)12-11(13(18)19)16-5-7-21-14(16)15-12/h3-7,9H,8H2,1-2H3,(H,18,19). The molecule has 3 heterocycles. The van der Waals surface area contributed by atoms with Gasteiger partial charge < -0.3 is 10.0 Å². The molecule has 0 amide bonds. The number of hydrogen-bond acceptors (Lipinski definition) is 5. The number of carboxylic acids is 1. The van der Waals surface area contributed by atoms with Crippen molar-refractivity contribution in [2.24, 2.45) is 0 Å². The van der Waals surface area contributed by atoms with Gasteiger partial charge in [-0.05, 0) is 25.3 Å². The molecule has 1 N–H and O–H groups in total. The molecule has 3 rings (SSSR count). The molecular formula is C14H15N3O2S2. The monoisotopic (exact) mass is 321 g/mol. The van der Waals surface area contributed by atoms with Crippen molar-refractivity contribution in [3.8, 4) is 0 Å². The van der Waals surface area contributed by atoms with Crippen LogP contribution < -0.4 is 4.90 Å². The minimum absolute atomic E-state index is 0.162. The van der Waals surface area contributed by atoms with Gasteiger partial charge in [-0.15, -0.1) is 22.7 Å². The van der Waals surface area contributed by atoms with Gasteiger partial charge in [0.1, 0.15) is 0 Å². The van der Waals surface area contributed by atoms with E-state index in [1.54, 1.807) is 21.9 Å². The summed E-state index contributed by atoms with van der Waals surface area (Å²) in [6.07, 6.45) is 1.75. The first-order chi connectivity index (χ1) is 10.1. The number of carboxylic acid groups (broad SMARTS) is 1. The maximum absolute atomic E-state index is 11.6. The van der Waals surface area contributed by atoms with Crippen molar-refractivity contribution < 1.29 is 9.90 Å². The van der Waals surface area contributed by atoms with Crippen LogP contribution in [0.5, 0.6) is 0 Å². The second-order valence-corrected chi connectivity index (χ2v) is 6.85. The lowest BCUT2D eigenvalue weighted by molar-refractivity contribution is 0.0690. The average Bonchev–Trinajstić information content (AvgIpc) is 3.11. The van der Waals surface area contributed by atoms with Crippen LogP contribution in [0.3, 0.4) is 0 Å². The van der Waals surface area contributed by atoms with E-state index in [-0.39, 0.29) is 11.7 Å². The molecule has 5 nitrogen and oxygen atoms in total. The number of imidazole rings is 1. The maximum atomic E-state index is 11.6. The zero-order valence-corrected chi connectivity index (χ0v) is 13.3. The molecule has 3 aromatic heterocycles. The third kappa shape index (κ3) is 2.54. The lowest BCUT2D eigenvalue weighted by Crippen LogP contribution is -2.31. The molecule has 0 fully saturated rings. The molecule has 0 aliphatic heterocycles. The number of carbonyl (C=O) groups is 1. The molecule has 0 atom stereocenters. The zero-order valence-electron chi connectivity index (χ0n) is 11.7. The largest absolute Gasteiger partial charge is 0.476 e. The highest BCUT2D eigenvalue weighted by molar-refractivity contribution is 7.15. The Morgan fingerprint density at radius 1 is 1.43 bits per heavy atom. The predicted octanol–water partition coefficient (Wildman–Crippen LogP) is 3.57. The van der Waals surface area contributed by atoms with E-state index in [1.807, 2.05) is 35.6 Å². The highest BCUT2D eigenvalue weighted by Gasteiger charge is 2.25. The van der Waals surface area contributed by atoms with Crippen molar-refractivity contribution in [2.75, 3.05) is 4.90 Å². The number of nitrogens with zero attached hydrogens (tertiary/aromatic N) is 3. The van der Waals surface area contributed by atoms with Crippen molar-refractivity contribution in [1.82, 2.24) is 9.38 Å². The second kappa shape index (κ2) is 5.50. The fourth-order valence-corrected chi connectivity index (χ4v) is 3.66. The number of aromatic carboxylic acids is 1. The number of hydrogen-bond donors (Lipinski definition) is 1. The van der Waals surface area contributed by atoms with Crippen LogP contribution in [-0.2, 0) is 6.54 Å². The summed E-state index contributed by atoms with van der Waals surface area (Å²) in [4.78, 5) is 20.1. The smallest absolute Gasteiger partial charge is 0.356 e. The normalized spacial score (nSPS) is 11.4. The lowest BCUT2D eigenvalue weighted by atomic mass is 10.2. The van der Waals surface area contributed by atoms with Crippen LogP contribution in [-0.4, -0.2) is 26.5 Å². The Labute approximate surface area is 130 Å². The second-order valence-electron chi connectivity index (χ2n) is 4.95. The Bertz CT molecular complexity index is 758. The Hall–Kier alpha value is -1.86. The van der Waals surface area contributed by atoms with Crippen molar-refractivity contribution in [1.29, 1.82) is 0 Å². The minimum Gasteiger partial charge on any atom is -0.476 e. The summed E-state index contributed by atoms with van der Waals surface area (Å²) in [5, 5.41) is 13.4. The quantitative estimate of drug-likeness (QED) is 0.780. The number of thiophene rings is 1. The SMILES string of the molecule is CC(C)N(Cc1cccs1)c1nc2sccn2c1C(=O)O. The van der Waals surface area contributed by atoms with Gasteiger partial charge in [0.05, 0.1) is 6.54 Å². The van der Waals surface area contributed by atoms with E-state index in [1.165, 1.54) is 16.2 Å². The predicted molar refractivity (Wildman–Crippen MR) is 85.7 cm³/mol. The number of anilines is 1. The summed E-state index contributed by atoms with van der Waals surface area (Å²) in [5.41, 5.74) is 0.233. The summed E-state index contributed by atoms with van der Waals surface area (Å²) < 4.78 is 1.64. The molecule has 0 aliphatic rings. The molecule has 0 bridgehead atoms. The lowest BCUT2D eigenvalue weighted by Gasteiger charge is -2.26. The maximum Gasteiger partial charge on any atom is 0.356 e. The Kier molecular flexibility index (Phi) is 3.69.